The van der Waals surface area contributed by atoms with E-state index < -0.39 is 15.7 Å². The van der Waals surface area contributed by atoms with Gasteiger partial charge in [0, 0.05) is 13.2 Å². The number of hydrogen-bond acceptors (Lipinski definition) is 2. The lowest BCUT2D eigenvalue weighted by Crippen LogP contribution is -2.66. The second-order valence-electron chi connectivity index (χ2n) is 5.90. The highest BCUT2D eigenvalue weighted by atomic mass is 29.3. The van der Waals surface area contributed by atoms with Gasteiger partial charge in [0.25, 0.3) is 0 Å². The molecule has 0 aliphatic rings. The monoisotopic (exact) mass is 318 g/mol. The molecular weight excluding hydrogens is 280 g/mol. The van der Waals surface area contributed by atoms with E-state index in [9.17, 15) is 0 Å². The van der Waals surface area contributed by atoms with Gasteiger partial charge in [0.2, 0.25) is 0 Å². The molecule has 0 saturated heterocycles. The predicted octanol–water partition coefficient (Wildman–Crippen LogP) is 5.67. The molecule has 0 aromatic rings. The van der Waals surface area contributed by atoms with Crippen LogP contribution in [0.5, 0.6) is 0 Å². The van der Waals surface area contributed by atoms with E-state index in [0.717, 1.165) is 13.2 Å². The molecule has 0 rings (SSSR count). The SMILES string of the molecule is CCC[Si](CCC)(CCC)[Si](CCC)(OCC)OCC. The molecule has 0 unspecified atom stereocenters. The number of rotatable bonds is 13. The molecule has 122 valence electrons. The van der Waals surface area contributed by atoms with Crippen molar-refractivity contribution in [2.75, 3.05) is 13.2 Å². The van der Waals surface area contributed by atoms with Crippen LogP contribution < -0.4 is 0 Å². The van der Waals surface area contributed by atoms with E-state index in [1.807, 2.05) is 0 Å². The minimum Gasteiger partial charge on any atom is -0.397 e. The lowest BCUT2D eigenvalue weighted by Gasteiger charge is -2.46. The molecular formula is C16H38O2Si2. The first-order chi connectivity index (χ1) is 9.61. The maximum Gasteiger partial charge on any atom is 0.316 e. The molecule has 20 heavy (non-hydrogen) atoms. The van der Waals surface area contributed by atoms with Crippen molar-refractivity contribution in [2.24, 2.45) is 0 Å². The van der Waals surface area contributed by atoms with Crippen LogP contribution in [-0.2, 0) is 8.85 Å². The van der Waals surface area contributed by atoms with E-state index in [4.69, 9.17) is 8.85 Å². The standard InChI is InChI=1S/C16H38O2Si2/c1-7-13-19(14-8-2,15-9-3)20(16-10-4,17-11-5)18-12-6/h7-16H2,1-6H3. The molecule has 0 saturated carbocycles. The molecule has 0 amide bonds. The third kappa shape index (κ3) is 4.97. The zero-order valence-corrected chi connectivity index (χ0v) is 16.9. The van der Waals surface area contributed by atoms with E-state index in [-0.39, 0.29) is 0 Å². The highest BCUT2D eigenvalue weighted by Gasteiger charge is 2.56. The van der Waals surface area contributed by atoms with Crippen molar-refractivity contribution in [3.63, 3.8) is 0 Å². The van der Waals surface area contributed by atoms with Gasteiger partial charge < -0.3 is 8.85 Å². The van der Waals surface area contributed by atoms with Crippen molar-refractivity contribution >= 4 is 15.7 Å². The van der Waals surface area contributed by atoms with Crippen molar-refractivity contribution < 1.29 is 8.85 Å². The van der Waals surface area contributed by atoms with Crippen LogP contribution in [0.25, 0.3) is 0 Å². The molecule has 0 bridgehead atoms. The van der Waals surface area contributed by atoms with E-state index in [0.29, 0.717) is 0 Å². The minimum absolute atomic E-state index is 0.831. The summed E-state index contributed by atoms with van der Waals surface area (Å²) in [5.74, 6) is 0. The first-order valence-electron chi connectivity index (χ1n) is 8.89. The quantitative estimate of drug-likeness (QED) is 0.407. The van der Waals surface area contributed by atoms with Crippen LogP contribution in [0.1, 0.15) is 67.2 Å². The van der Waals surface area contributed by atoms with Crippen LogP contribution in [-0.4, -0.2) is 28.9 Å². The first-order valence-corrected chi connectivity index (χ1v) is 14.5. The van der Waals surface area contributed by atoms with E-state index >= 15 is 0 Å². The van der Waals surface area contributed by atoms with Crippen molar-refractivity contribution in [3.8, 4) is 0 Å². The second kappa shape index (κ2) is 11.0. The third-order valence-corrected chi connectivity index (χ3v) is 21.7. The summed E-state index contributed by atoms with van der Waals surface area (Å²) in [6.07, 6.45) is 5.10. The van der Waals surface area contributed by atoms with Gasteiger partial charge in [-0.2, -0.15) is 0 Å². The summed E-state index contributed by atoms with van der Waals surface area (Å²) in [6, 6.07) is 5.42. The summed E-state index contributed by atoms with van der Waals surface area (Å²) in [5, 5.41) is 0. The Morgan fingerprint density at radius 2 is 0.900 bits per heavy atom. The molecule has 4 heteroatoms. The second-order valence-corrected chi connectivity index (χ2v) is 18.0. The van der Waals surface area contributed by atoms with Gasteiger partial charge in [-0.15, -0.1) is 0 Å². The Balaban J connectivity index is 5.62. The van der Waals surface area contributed by atoms with Gasteiger partial charge in [-0.1, -0.05) is 71.5 Å². The molecule has 0 aromatic heterocycles. The largest absolute Gasteiger partial charge is 0.397 e. The fourth-order valence-electron chi connectivity index (χ4n) is 3.93. The Hall–Kier alpha value is 0.354. The molecule has 0 N–H and O–H groups in total. The fourth-order valence-corrected chi connectivity index (χ4v) is 22.5. The average molecular weight is 319 g/mol. The van der Waals surface area contributed by atoms with Gasteiger partial charge in [0.1, 0.15) is 7.59 Å². The molecule has 2 nitrogen and oxygen atoms in total. The van der Waals surface area contributed by atoms with Gasteiger partial charge in [-0.25, -0.2) is 0 Å². The highest BCUT2D eigenvalue weighted by Crippen LogP contribution is 2.39. The Labute approximate surface area is 129 Å². The maximum absolute atomic E-state index is 6.51. The topological polar surface area (TPSA) is 18.5 Å². The predicted molar refractivity (Wildman–Crippen MR) is 95.2 cm³/mol. The van der Waals surface area contributed by atoms with Gasteiger partial charge in [-0.3, -0.25) is 0 Å². The molecule has 0 spiro atoms. The Bertz CT molecular complexity index is 176. The Kier molecular flexibility index (Phi) is 11.2. The van der Waals surface area contributed by atoms with Crippen LogP contribution >= 0.6 is 0 Å². The normalized spacial score (nSPS) is 12.9. The zero-order valence-electron chi connectivity index (χ0n) is 14.9. The fraction of sp³-hybridized carbons (Fsp3) is 1.00. The summed E-state index contributed by atoms with van der Waals surface area (Å²) < 4.78 is 13.0. The van der Waals surface area contributed by atoms with Crippen LogP contribution in [0.4, 0.5) is 0 Å². The smallest absolute Gasteiger partial charge is 0.316 e. The lowest BCUT2D eigenvalue weighted by atomic mass is 10.6. The van der Waals surface area contributed by atoms with Crippen molar-refractivity contribution in [2.45, 2.75) is 91.4 Å². The molecule has 0 radical (unpaired) electrons. The first kappa shape index (κ1) is 20.4. The van der Waals surface area contributed by atoms with Crippen molar-refractivity contribution in [3.05, 3.63) is 0 Å². The lowest BCUT2D eigenvalue weighted by molar-refractivity contribution is 0.198. The molecule has 0 aliphatic heterocycles. The van der Waals surface area contributed by atoms with Gasteiger partial charge in [0.05, 0.1) is 0 Å². The molecule has 0 aromatic carbocycles. The minimum atomic E-state index is -2.00. The maximum atomic E-state index is 6.51. The van der Waals surface area contributed by atoms with Gasteiger partial charge in [-0.05, 0) is 19.9 Å². The summed E-state index contributed by atoms with van der Waals surface area (Å²) in [4.78, 5) is 0. The van der Waals surface area contributed by atoms with E-state index in [2.05, 4.69) is 41.5 Å². The van der Waals surface area contributed by atoms with Gasteiger partial charge >= 0.3 is 8.08 Å². The van der Waals surface area contributed by atoms with Crippen LogP contribution in [0, 0.1) is 0 Å². The molecule has 0 atom stereocenters. The van der Waals surface area contributed by atoms with Gasteiger partial charge in [0.15, 0.2) is 0 Å². The van der Waals surface area contributed by atoms with Crippen LogP contribution in [0.3, 0.4) is 0 Å². The third-order valence-electron chi connectivity index (χ3n) is 4.33. The summed E-state index contributed by atoms with van der Waals surface area (Å²) in [6.45, 7) is 15.3. The number of hydrogen-bond donors (Lipinski definition) is 0. The Morgan fingerprint density at radius 3 is 1.15 bits per heavy atom. The molecule has 0 heterocycles. The summed E-state index contributed by atoms with van der Waals surface area (Å²) in [7, 11) is -3.44. The highest BCUT2D eigenvalue weighted by molar-refractivity contribution is 7.37. The van der Waals surface area contributed by atoms with E-state index in [1.54, 1.807) is 0 Å². The van der Waals surface area contributed by atoms with E-state index in [1.165, 1.54) is 49.9 Å². The van der Waals surface area contributed by atoms with Crippen LogP contribution in [0.2, 0.25) is 24.2 Å². The molecule has 0 fully saturated rings. The van der Waals surface area contributed by atoms with Crippen molar-refractivity contribution in [1.82, 2.24) is 0 Å². The molecule has 0 aliphatic carbocycles. The Morgan fingerprint density at radius 1 is 0.550 bits per heavy atom. The average Bonchev–Trinajstić information content (AvgIpc) is 2.40. The van der Waals surface area contributed by atoms with Crippen LogP contribution in [0.15, 0.2) is 0 Å². The zero-order chi connectivity index (χ0) is 15.5. The summed E-state index contributed by atoms with van der Waals surface area (Å²) in [5.41, 5.74) is 0. The van der Waals surface area contributed by atoms with Crippen molar-refractivity contribution in [1.29, 1.82) is 0 Å². The summed E-state index contributed by atoms with van der Waals surface area (Å²) >= 11 is 0.